The molecule has 252 valence electrons. The van der Waals surface area contributed by atoms with Crippen molar-refractivity contribution in [3.63, 3.8) is 0 Å². The molecule has 0 aromatic heterocycles. The Hall–Kier alpha value is -2.08. The highest BCUT2D eigenvalue weighted by molar-refractivity contribution is 6.01. The lowest BCUT2D eigenvalue weighted by atomic mass is 9.50. The van der Waals surface area contributed by atoms with Crippen LogP contribution in [0.1, 0.15) is 93.4 Å². The van der Waals surface area contributed by atoms with E-state index in [2.05, 4.69) is 24.5 Å². The van der Waals surface area contributed by atoms with E-state index in [1.807, 2.05) is 37.6 Å². The van der Waals surface area contributed by atoms with Crippen LogP contribution in [-0.2, 0) is 28.7 Å². The number of carbonyl (C=O) groups is 4. The summed E-state index contributed by atoms with van der Waals surface area (Å²) in [6.45, 7) is 13.6. The van der Waals surface area contributed by atoms with Crippen LogP contribution >= 0.6 is 0 Å². The summed E-state index contributed by atoms with van der Waals surface area (Å²) >= 11 is 0. The average Bonchev–Trinajstić information content (AvgIpc) is 3.38. The zero-order valence-electron chi connectivity index (χ0n) is 28.8. The zero-order valence-corrected chi connectivity index (χ0v) is 28.8. The smallest absolute Gasteiger partial charge is 0.246 e. The molecular weight excluding hydrogens is 562 g/mol. The van der Waals surface area contributed by atoms with Gasteiger partial charge in [0.15, 0.2) is 0 Å². The van der Waals surface area contributed by atoms with E-state index in [-0.39, 0.29) is 47.7 Å². The van der Waals surface area contributed by atoms with Crippen LogP contribution in [0.3, 0.4) is 0 Å². The molecular formula is C33H59N5O6. The number of hydrogen-bond acceptors (Lipinski definition) is 8. The van der Waals surface area contributed by atoms with Crippen molar-refractivity contribution in [2.24, 2.45) is 29.4 Å². The first-order valence-corrected chi connectivity index (χ1v) is 16.5. The predicted molar refractivity (Wildman–Crippen MR) is 169 cm³/mol. The van der Waals surface area contributed by atoms with Gasteiger partial charge in [0.2, 0.25) is 23.6 Å². The molecule has 0 radical (unpaired) electrons. The van der Waals surface area contributed by atoms with Crippen LogP contribution in [0.5, 0.6) is 0 Å². The van der Waals surface area contributed by atoms with Crippen molar-refractivity contribution in [1.29, 1.82) is 0 Å². The number of nitrogens with one attached hydrogen (secondary N) is 2. The Morgan fingerprint density at radius 2 is 1.66 bits per heavy atom. The van der Waals surface area contributed by atoms with Crippen molar-refractivity contribution in [3.05, 3.63) is 0 Å². The van der Waals surface area contributed by atoms with Crippen molar-refractivity contribution >= 4 is 23.6 Å². The van der Waals surface area contributed by atoms with Crippen LogP contribution in [-0.4, -0.2) is 103 Å². The number of nitrogens with two attached hydrogens (primary N) is 1. The number of ether oxygens (including phenoxy) is 2. The van der Waals surface area contributed by atoms with Gasteiger partial charge in [-0.2, -0.15) is 0 Å². The highest BCUT2D eigenvalue weighted by atomic mass is 16.5. The van der Waals surface area contributed by atoms with Gasteiger partial charge in [0, 0.05) is 32.3 Å². The van der Waals surface area contributed by atoms with Crippen LogP contribution in [0.15, 0.2) is 0 Å². The third-order valence-corrected chi connectivity index (χ3v) is 10.5. The number of carbonyl (C=O) groups excluding carboxylic acids is 4. The molecule has 4 aliphatic rings. The molecule has 4 N–H and O–H groups in total. The van der Waals surface area contributed by atoms with Crippen LogP contribution in [0.25, 0.3) is 0 Å². The third kappa shape index (κ3) is 7.82. The van der Waals surface area contributed by atoms with Crippen molar-refractivity contribution in [3.8, 4) is 0 Å². The molecule has 11 nitrogen and oxygen atoms in total. The molecule has 1 aliphatic heterocycles. The minimum atomic E-state index is -1.20. The summed E-state index contributed by atoms with van der Waals surface area (Å²) in [5.74, 6) is -0.695. The lowest BCUT2D eigenvalue weighted by Gasteiger charge is -2.62. The zero-order chi connectivity index (χ0) is 33.1. The minimum absolute atomic E-state index is 0.00275. The molecule has 2 bridgehead atoms. The molecule has 0 aromatic rings. The number of hydrogen-bond donors (Lipinski definition) is 3. The maximum Gasteiger partial charge on any atom is 0.246 e. The summed E-state index contributed by atoms with van der Waals surface area (Å²) in [6, 6.07) is -1.14. The molecule has 44 heavy (non-hydrogen) atoms. The third-order valence-electron chi connectivity index (χ3n) is 10.5. The topological polar surface area (TPSA) is 143 Å². The van der Waals surface area contributed by atoms with Crippen LogP contribution < -0.4 is 16.4 Å². The normalized spacial score (nSPS) is 27.1. The first-order valence-electron chi connectivity index (χ1n) is 16.5. The van der Waals surface area contributed by atoms with Crippen molar-refractivity contribution in [2.75, 3.05) is 27.8 Å². The van der Waals surface area contributed by atoms with E-state index >= 15 is 0 Å². The molecule has 0 unspecified atom stereocenters. The summed E-state index contributed by atoms with van der Waals surface area (Å²) in [4.78, 5) is 57.0. The van der Waals surface area contributed by atoms with Crippen LogP contribution in [0, 0.1) is 23.7 Å². The highest BCUT2D eigenvalue weighted by Crippen LogP contribution is 2.57. The molecule has 3 saturated carbocycles. The monoisotopic (exact) mass is 621 g/mol. The van der Waals surface area contributed by atoms with Gasteiger partial charge in [0.1, 0.15) is 0 Å². The van der Waals surface area contributed by atoms with Crippen LogP contribution in [0.4, 0.5) is 0 Å². The van der Waals surface area contributed by atoms with Gasteiger partial charge in [-0.25, -0.2) is 0 Å². The first kappa shape index (κ1) is 36.4. The second-order valence-electron chi connectivity index (χ2n) is 14.8. The average molecular weight is 622 g/mol. The van der Waals surface area contributed by atoms with Crippen molar-refractivity contribution in [1.82, 2.24) is 20.4 Å². The fourth-order valence-electron chi connectivity index (χ4n) is 7.69. The summed E-state index contributed by atoms with van der Waals surface area (Å²) in [5, 5.41) is 5.77. The summed E-state index contributed by atoms with van der Waals surface area (Å²) in [7, 11) is 5.08. The molecule has 0 spiro atoms. The summed E-state index contributed by atoms with van der Waals surface area (Å²) in [5.41, 5.74) is 4.73. The number of methoxy groups -OCH3 is 2. The Labute approximate surface area is 264 Å². The Bertz CT molecular complexity index is 1030. The van der Waals surface area contributed by atoms with E-state index in [4.69, 9.17) is 15.2 Å². The van der Waals surface area contributed by atoms with Gasteiger partial charge >= 0.3 is 0 Å². The largest absolute Gasteiger partial charge is 0.379 e. The number of rotatable bonds is 16. The molecule has 1 saturated heterocycles. The molecule has 7 atom stereocenters. The second kappa shape index (κ2) is 14.6. The summed E-state index contributed by atoms with van der Waals surface area (Å²) in [6.07, 6.45) is 4.82. The SMILES string of the molecule is CC[C@H](C)[C@@H]([C@@H](CC(=O)N1CCC[C@H]1[C@H](OC)[C@@H](C)C(=O)NC12CC(C1)C2)OC)N(C)[C@H](C(=O)NC(=O)C(C)(C)N)C(C)C. The predicted octanol–water partition coefficient (Wildman–Crippen LogP) is 2.45. The van der Waals surface area contributed by atoms with Gasteiger partial charge < -0.3 is 25.4 Å². The van der Waals surface area contributed by atoms with E-state index in [0.29, 0.717) is 6.54 Å². The van der Waals surface area contributed by atoms with Gasteiger partial charge in [-0.3, -0.25) is 29.4 Å². The van der Waals surface area contributed by atoms with E-state index in [0.717, 1.165) is 44.4 Å². The molecule has 1 heterocycles. The number of imide groups is 1. The fourth-order valence-corrected chi connectivity index (χ4v) is 7.69. The van der Waals surface area contributed by atoms with Crippen LogP contribution in [0.2, 0.25) is 0 Å². The van der Waals surface area contributed by atoms with E-state index < -0.39 is 41.5 Å². The Balaban J connectivity index is 1.76. The van der Waals surface area contributed by atoms with Gasteiger partial charge in [-0.05, 0) is 70.8 Å². The molecule has 4 amide bonds. The lowest BCUT2D eigenvalue weighted by Crippen LogP contribution is -2.69. The van der Waals surface area contributed by atoms with E-state index in [9.17, 15) is 19.2 Å². The number of amides is 4. The molecule has 0 aromatic carbocycles. The Morgan fingerprint density at radius 3 is 2.11 bits per heavy atom. The highest BCUT2D eigenvalue weighted by Gasteiger charge is 2.58. The quantitative estimate of drug-likeness (QED) is 0.239. The van der Waals surface area contributed by atoms with Crippen molar-refractivity contribution < 1.29 is 28.7 Å². The molecule has 4 fully saturated rings. The van der Waals surface area contributed by atoms with Gasteiger partial charge in [-0.15, -0.1) is 0 Å². The Kier molecular flexibility index (Phi) is 12.0. The maximum atomic E-state index is 14.0. The van der Waals surface area contributed by atoms with E-state index in [1.165, 1.54) is 0 Å². The maximum absolute atomic E-state index is 14.0. The van der Waals surface area contributed by atoms with Gasteiger partial charge in [0.05, 0.1) is 42.2 Å². The first-order chi connectivity index (χ1) is 20.5. The van der Waals surface area contributed by atoms with Gasteiger partial charge in [-0.1, -0.05) is 41.0 Å². The van der Waals surface area contributed by atoms with Gasteiger partial charge in [0.25, 0.3) is 0 Å². The minimum Gasteiger partial charge on any atom is -0.379 e. The molecule has 4 rings (SSSR count). The second-order valence-corrected chi connectivity index (χ2v) is 14.8. The number of likely N-dealkylation sites (tertiary alicyclic amines) is 1. The summed E-state index contributed by atoms with van der Waals surface area (Å²) < 4.78 is 11.9. The molecule has 11 heteroatoms. The molecule has 3 aliphatic carbocycles. The Morgan fingerprint density at radius 1 is 1.05 bits per heavy atom. The standard InChI is InChI=1S/C33H59N5O6/c1-11-20(4)27(37(8)26(19(2)3)30(41)35-31(42)32(6,7)34)24(43-9)15-25(39)38-14-12-13-23(38)28(44-10)21(5)29(40)36-33-16-22(17-33)18-33/h19-24,26-28H,11-18,34H2,1-10H3,(H,36,40)(H,35,41,42)/t20-,21+,22?,23-,24+,26-,27-,28+,33?/m0/s1. The number of nitrogens with zero attached hydrogens (tertiary/aromatic N) is 2. The fraction of sp³-hybridized carbons (Fsp3) is 0.879. The van der Waals surface area contributed by atoms with Crippen molar-refractivity contribution in [2.45, 2.75) is 135 Å². The van der Waals surface area contributed by atoms with E-state index in [1.54, 1.807) is 28.1 Å². The lowest BCUT2D eigenvalue weighted by molar-refractivity contribution is -0.148. The number of likely N-dealkylation sites (N-methyl/N-ethyl adjacent to an activating group) is 1.